The van der Waals surface area contributed by atoms with E-state index in [-0.39, 0.29) is 13.0 Å². The van der Waals surface area contributed by atoms with Gasteiger partial charge in [0.1, 0.15) is 6.61 Å². The highest BCUT2D eigenvalue weighted by Gasteiger charge is 2.38. The second-order valence-electron chi connectivity index (χ2n) is 5.71. The molecule has 0 unspecified atom stereocenters. The van der Waals surface area contributed by atoms with Gasteiger partial charge in [0.25, 0.3) is 0 Å². The summed E-state index contributed by atoms with van der Waals surface area (Å²) in [6, 6.07) is 9.18. The normalized spacial score (nSPS) is 22.0. The van der Waals surface area contributed by atoms with Crippen molar-refractivity contribution in [1.82, 2.24) is 0 Å². The topological polar surface area (TPSA) is 89.9 Å². The third-order valence-electron chi connectivity index (χ3n) is 4.11. The summed E-state index contributed by atoms with van der Waals surface area (Å²) in [6.45, 7) is 0.0958. The zero-order chi connectivity index (χ0) is 17.5. The van der Waals surface area contributed by atoms with Crippen molar-refractivity contribution in [1.29, 1.82) is 0 Å². The lowest BCUT2D eigenvalue weighted by Gasteiger charge is -2.28. The van der Waals surface area contributed by atoms with E-state index >= 15 is 0 Å². The average molecular weight is 332 g/mol. The van der Waals surface area contributed by atoms with Crippen LogP contribution >= 0.6 is 0 Å². The van der Waals surface area contributed by atoms with Gasteiger partial charge in [-0.2, -0.15) is 0 Å². The van der Waals surface area contributed by atoms with E-state index in [9.17, 15) is 19.5 Å². The first-order chi connectivity index (χ1) is 11.5. The molecule has 1 aromatic carbocycles. The Labute approximate surface area is 140 Å². The van der Waals surface area contributed by atoms with E-state index in [0.29, 0.717) is 18.4 Å². The minimum atomic E-state index is -1.02. The predicted molar refractivity (Wildman–Crippen MR) is 84.8 cm³/mol. The van der Waals surface area contributed by atoms with Crippen molar-refractivity contribution in [2.24, 2.45) is 11.8 Å². The fraction of sp³-hybridized carbons (Fsp3) is 0.389. The lowest BCUT2D eigenvalue weighted by Crippen LogP contribution is -2.34. The first kappa shape index (κ1) is 17.7. The zero-order valence-corrected chi connectivity index (χ0v) is 13.4. The Bertz CT molecular complexity index is 634. The minimum absolute atomic E-state index is 0.0958. The fourth-order valence-electron chi connectivity index (χ4n) is 2.80. The minimum Gasteiger partial charge on any atom is -0.481 e. The van der Waals surface area contributed by atoms with Crippen LogP contribution < -0.4 is 0 Å². The molecule has 0 radical (unpaired) electrons. The maximum atomic E-state index is 12.4. The highest BCUT2D eigenvalue weighted by molar-refractivity contribution is 5.84. The van der Waals surface area contributed by atoms with Crippen LogP contribution in [0.4, 0.5) is 0 Å². The number of carbonyl (C=O) groups is 3. The summed E-state index contributed by atoms with van der Waals surface area (Å²) in [6.07, 6.45) is 2.27. The highest BCUT2D eigenvalue weighted by Crippen LogP contribution is 2.35. The van der Waals surface area contributed by atoms with E-state index in [1.807, 2.05) is 30.3 Å². The van der Waals surface area contributed by atoms with E-state index < -0.39 is 29.7 Å². The van der Waals surface area contributed by atoms with Crippen LogP contribution in [-0.4, -0.2) is 30.1 Å². The van der Waals surface area contributed by atoms with Crippen molar-refractivity contribution >= 4 is 17.9 Å². The van der Waals surface area contributed by atoms with Crippen molar-refractivity contribution in [3.05, 3.63) is 47.5 Å². The molecule has 6 heteroatoms. The number of allylic oxidation sites excluding steroid dienone is 1. The second kappa shape index (κ2) is 8.29. The van der Waals surface area contributed by atoms with Gasteiger partial charge in [0.15, 0.2) is 0 Å². The van der Waals surface area contributed by atoms with E-state index in [2.05, 4.69) is 4.74 Å². The van der Waals surface area contributed by atoms with Crippen molar-refractivity contribution in [2.75, 3.05) is 7.11 Å². The van der Waals surface area contributed by atoms with Crippen LogP contribution in [0, 0.1) is 11.8 Å². The number of esters is 2. The molecule has 0 bridgehead atoms. The smallest absolute Gasteiger partial charge is 0.330 e. The third kappa shape index (κ3) is 4.68. The molecular weight excluding hydrogens is 312 g/mol. The summed E-state index contributed by atoms with van der Waals surface area (Å²) in [7, 11) is 1.27. The highest BCUT2D eigenvalue weighted by atomic mass is 16.5. The van der Waals surface area contributed by atoms with E-state index in [1.54, 1.807) is 0 Å². The van der Waals surface area contributed by atoms with Gasteiger partial charge in [-0.05, 0) is 24.8 Å². The molecule has 0 heterocycles. The van der Waals surface area contributed by atoms with Crippen LogP contribution in [0.15, 0.2) is 42.0 Å². The second-order valence-corrected chi connectivity index (χ2v) is 5.71. The molecule has 2 rings (SSSR count). The molecular formula is C18H20O6. The van der Waals surface area contributed by atoms with Gasteiger partial charge in [-0.15, -0.1) is 0 Å². The van der Waals surface area contributed by atoms with Crippen LogP contribution in [0.1, 0.15) is 24.8 Å². The summed E-state index contributed by atoms with van der Waals surface area (Å²) < 4.78 is 9.86. The van der Waals surface area contributed by atoms with Gasteiger partial charge >= 0.3 is 17.9 Å². The number of ether oxygens (including phenoxy) is 2. The largest absolute Gasteiger partial charge is 0.481 e. The van der Waals surface area contributed by atoms with Crippen molar-refractivity contribution in [2.45, 2.75) is 25.9 Å². The Morgan fingerprint density at radius 3 is 2.54 bits per heavy atom. The summed E-state index contributed by atoms with van der Waals surface area (Å²) in [4.78, 5) is 35.1. The Morgan fingerprint density at radius 1 is 1.21 bits per heavy atom. The van der Waals surface area contributed by atoms with E-state index in [0.717, 1.165) is 5.56 Å². The van der Waals surface area contributed by atoms with Crippen molar-refractivity contribution < 1.29 is 29.0 Å². The maximum Gasteiger partial charge on any atom is 0.330 e. The first-order valence-electron chi connectivity index (χ1n) is 7.72. The molecule has 6 nitrogen and oxygen atoms in total. The van der Waals surface area contributed by atoms with Gasteiger partial charge in [-0.1, -0.05) is 35.9 Å². The molecule has 1 aromatic rings. The maximum absolute atomic E-state index is 12.4. The monoisotopic (exact) mass is 332 g/mol. The van der Waals surface area contributed by atoms with Crippen LogP contribution in [-0.2, 0) is 30.5 Å². The number of carbonyl (C=O) groups excluding carboxylic acids is 2. The van der Waals surface area contributed by atoms with Gasteiger partial charge in [0.05, 0.1) is 18.9 Å². The number of methoxy groups -OCH3 is 1. The number of hydrogen-bond donors (Lipinski definition) is 1. The van der Waals surface area contributed by atoms with Crippen molar-refractivity contribution in [3.8, 4) is 0 Å². The molecule has 0 saturated heterocycles. The molecule has 1 fully saturated rings. The Kier molecular flexibility index (Phi) is 6.12. The summed E-state index contributed by atoms with van der Waals surface area (Å²) in [5.74, 6) is -3.68. The van der Waals surface area contributed by atoms with E-state index in [4.69, 9.17) is 4.74 Å². The van der Waals surface area contributed by atoms with Gasteiger partial charge < -0.3 is 14.6 Å². The molecule has 1 saturated carbocycles. The Balaban J connectivity index is 2.06. The molecule has 1 N–H and O–H groups in total. The quantitative estimate of drug-likeness (QED) is 0.657. The number of hydrogen-bond acceptors (Lipinski definition) is 5. The molecule has 0 aromatic heterocycles. The average Bonchev–Trinajstić information content (AvgIpc) is 2.60. The molecule has 2 atom stereocenters. The molecule has 0 aliphatic heterocycles. The number of carboxylic acids is 1. The molecule has 0 spiro atoms. The van der Waals surface area contributed by atoms with Gasteiger partial charge in [-0.25, -0.2) is 4.79 Å². The summed E-state index contributed by atoms with van der Waals surface area (Å²) in [5, 5.41) is 9.34. The van der Waals surface area contributed by atoms with Crippen LogP contribution in [0.3, 0.4) is 0 Å². The Morgan fingerprint density at radius 2 is 1.92 bits per heavy atom. The van der Waals surface area contributed by atoms with Crippen molar-refractivity contribution in [3.63, 3.8) is 0 Å². The van der Waals surface area contributed by atoms with Crippen LogP contribution in [0.5, 0.6) is 0 Å². The molecule has 24 heavy (non-hydrogen) atoms. The molecule has 0 amide bonds. The third-order valence-corrected chi connectivity index (χ3v) is 4.11. The standard InChI is InChI=1S/C18H20O6/c1-23-16(19)10-13-7-8-14(17(20)21)15(9-13)18(22)24-11-12-5-3-2-4-6-12/h2-6,10,14-15H,7-9,11H2,1H3,(H,20,21)/t14-,15-/m0/s1. The van der Waals surface area contributed by atoms with Gasteiger partial charge in [0, 0.05) is 6.08 Å². The van der Waals surface area contributed by atoms with Gasteiger partial charge in [-0.3, -0.25) is 9.59 Å². The van der Waals surface area contributed by atoms with E-state index in [1.165, 1.54) is 13.2 Å². The van der Waals surface area contributed by atoms with Crippen LogP contribution in [0.2, 0.25) is 0 Å². The Hall–Kier alpha value is -2.63. The predicted octanol–water partition coefficient (Wildman–Crippen LogP) is 2.33. The molecule has 128 valence electrons. The molecule has 1 aliphatic rings. The lowest BCUT2D eigenvalue weighted by molar-refractivity contribution is -0.159. The SMILES string of the molecule is COC(=O)C=C1CC[C@H](C(=O)O)[C@@H](C(=O)OCc2ccccc2)C1. The number of rotatable bonds is 5. The zero-order valence-electron chi connectivity index (χ0n) is 13.4. The summed E-state index contributed by atoms with van der Waals surface area (Å²) >= 11 is 0. The number of carboxylic acid groups (broad SMARTS) is 1. The number of benzene rings is 1. The van der Waals surface area contributed by atoms with Gasteiger partial charge in [0.2, 0.25) is 0 Å². The number of aliphatic carboxylic acids is 1. The summed E-state index contributed by atoms with van der Waals surface area (Å²) in [5.41, 5.74) is 1.54. The lowest BCUT2D eigenvalue weighted by atomic mass is 9.76. The molecule has 1 aliphatic carbocycles. The fourth-order valence-corrected chi connectivity index (χ4v) is 2.80. The van der Waals surface area contributed by atoms with Crippen LogP contribution in [0.25, 0.3) is 0 Å². The first-order valence-corrected chi connectivity index (χ1v) is 7.72.